The van der Waals surface area contributed by atoms with Gasteiger partial charge in [-0.2, -0.15) is 0 Å². The standard InChI is InChI=1S/C12H16FNO2/c13-12-9(10(15)3-4-11(12)16)6-8-2-1-5-14-7-8/h3-4,8,14-16H,1-2,5-7H2. The average Bonchev–Trinajstić information content (AvgIpc) is 2.31. The molecule has 16 heavy (non-hydrogen) atoms. The first-order chi connectivity index (χ1) is 7.68. The Hall–Kier alpha value is -1.29. The number of halogens is 1. The van der Waals surface area contributed by atoms with Crippen molar-refractivity contribution < 1.29 is 14.6 Å². The summed E-state index contributed by atoms with van der Waals surface area (Å²) in [6.07, 6.45) is 2.58. The molecule has 1 unspecified atom stereocenters. The van der Waals surface area contributed by atoms with Crippen LogP contribution in [0.4, 0.5) is 4.39 Å². The molecule has 1 saturated heterocycles. The quantitative estimate of drug-likeness (QED) is 0.672. The SMILES string of the molecule is Oc1ccc(O)c(CC2CCCNC2)c1F. The maximum atomic E-state index is 13.6. The number of nitrogens with one attached hydrogen (secondary N) is 1. The molecule has 1 heterocycles. The first kappa shape index (κ1) is 11.2. The van der Waals surface area contributed by atoms with Crippen LogP contribution in [-0.4, -0.2) is 23.3 Å². The summed E-state index contributed by atoms with van der Waals surface area (Å²) in [4.78, 5) is 0. The van der Waals surface area contributed by atoms with E-state index in [2.05, 4.69) is 5.32 Å². The lowest BCUT2D eigenvalue weighted by Gasteiger charge is -2.23. The number of piperidine rings is 1. The van der Waals surface area contributed by atoms with Gasteiger partial charge in [0.25, 0.3) is 0 Å². The normalized spacial score (nSPS) is 20.9. The molecule has 1 aliphatic rings. The van der Waals surface area contributed by atoms with Gasteiger partial charge in [-0.3, -0.25) is 0 Å². The molecule has 88 valence electrons. The van der Waals surface area contributed by atoms with E-state index in [9.17, 15) is 14.6 Å². The van der Waals surface area contributed by atoms with Crippen molar-refractivity contribution in [2.24, 2.45) is 5.92 Å². The van der Waals surface area contributed by atoms with E-state index in [1.807, 2.05) is 0 Å². The molecule has 4 heteroatoms. The zero-order valence-corrected chi connectivity index (χ0v) is 9.04. The second-order valence-corrected chi connectivity index (χ2v) is 4.31. The minimum atomic E-state index is -0.689. The topological polar surface area (TPSA) is 52.5 Å². The van der Waals surface area contributed by atoms with Crippen molar-refractivity contribution in [1.82, 2.24) is 5.32 Å². The fourth-order valence-electron chi connectivity index (χ4n) is 2.18. The van der Waals surface area contributed by atoms with Gasteiger partial charge in [-0.1, -0.05) is 0 Å². The molecule has 0 bridgehead atoms. The predicted octanol–water partition coefficient (Wildman–Crippen LogP) is 1.78. The van der Waals surface area contributed by atoms with Crippen LogP contribution in [0, 0.1) is 11.7 Å². The van der Waals surface area contributed by atoms with Crippen LogP contribution in [0.2, 0.25) is 0 Å². The van der Waals surface area contributed by atoms with Gasteiger partial charge in [0, 0.05) is 5.56 Å². The summed E-state index contributed by atoms with van der Waals surface area (Å²) in [6.45, 7) is 1.85. The third kappa shape index (κ3) is 2.27. The van der Waals surface area contributed by atoms with Gasteiger partial charge in [-0.05, 0) is 50.4 Å². The predicted molar refractivity (Wildman–Crippen MR) is 59.0 cm³/mol. The second kappa shape index (κ2) is 4.70. The monoisotopic (exact) mass is 225 g/mol. The minimum Gasteiger partial charge on any atom is -0.508 e. The van der Waals surface area contributed by atoms with E-state index in [4.69, 9.17) is 0 Å². The summed E-state index contributed by atoms with van der Waals surface area (Å²) in [6, 6.07) is 2.51. The Balaban J connectivity index is 2.16. The van der Waals surface area contributed by atoms with Crippen molar-refractivity contribution >= 4 is 0 Å². The van der Waals surface area contributed by atoms with Gasteiger partial charge in [-0.15, -0.1) is 0 Å². The molecular formula is C12H16FNO2. The molecule has 1 aromatic rings. The summed E-state index contributed by atoms with van der Waals surface area (Å²) >= 11 is 0. The van der Waals surface area contributed by atoms with E-state index in [-0.39, 0.29) is 11.3 Å². The van der Waals surface area contributed by atoms with Crippen molar-refractivity contribution in [1.29, 1.82) is 0 Å². The molecule has 0 aliphatic carbocycles. The zero-order valence-electron chi connectivity index (χ0n) is 9.04. The van der Waals surface area contributed by atoms with E-state index in [0.717, 1.165) is 25.9 Å². The smallest absolute Gasteiger partial charge is 0.171 e. The van der Waals surface area contributed by atoms with Crippen LogP contribution >= 0.6 is 0 Å². The molecule has 1 aromatic carbocycles. The number of rotatable bonds is 2. The molecule has 1 fully saturated rings. The fraction of sp³-hybridized carbons (Fsp3) is 0.500. The Morgan fingerprint density at radius 3 is 2.75 bits per heavy atom. The highest BCUT2D eigenvalue weighted by Gasteiger charge is 2.19. The maximum Gasteiger partial charge on any atom is 0.171 e. The van der Waals surface area contributed by atoms with Gasteiger partial charge in [0.1, 0.15) is 5.75 Å². The molecule has 0 radical (unpaired) electrons. The zero-order chi connectivity index (χ0) is 11.5. The van der Waals surface area contributed by atoms with Crippen molar-refractivity contribution in [3.8, 4) is 11.5 Å². The number of aromatic hydroxyl groups is 2. The first-order valence-corrected chi connectivity index (χ1v) is 5.58. The second-order valence-electron chi connectivity index (χ2n) is 4.31. The molecule has 3 N–H and O–H groups in total. The van der Waals surface area contributed by atoms with E-state index >= 15 is 0 Å². The third-order valence-electron chi connectivity index (χ3n) is 3.09. The van der Waals surface area contributed by atoms with Gasteiger partial charge >= 0.3 is 0 Å². The highest BCUT2D eigenvalue weighted by Crippen LogP contribution is 2.30. The molecule has 2 rings (SSSR count). The number of benzene rings is 1. The summed E-state index contributed by atoms with van der Waals surface area (Å²) in [5, 5.41) is 22.1. The molecule has 0 spiro atoms. The summed E-state index contributed by atoms with van der Waals surface area (Å²) in [5.41, 5.74) is 0.230. The number of hydrogen-bond donors (Lipinski definition) is 3. The molecule has 0 aromatic heterocycles. The Kier molecular flexibility index (Phi) is 3.29. The Bertz CT molecular complexity index is 376. The molecule has 1 atom stereocenters. The lowest BCUT2D eigenvalue weighted by molar-refractivity contribution is 0.358. The van der Waals surface area contributed by atoms with E-state index in [0.29, 0.717) is 12.3 Å². The highest BCUT2D eigenvalue weighted by molar-refractivity contribution is 5.40. The summed E-state index contributed by atoms with van der Waals surface area (Å²) in [5.74, 6) is -0.820. The lowest BCUT2D eigenvalue weighted by atomic mass is 9.91. The van der Waals surface area contributed by atoms with Crippen LogP contribution in [0.3, 0.4) is 0 Å². The molecule has 0 amide bonds. The largest absolute Gasteiger partial charge is 0.508 e. The Labute approximate surface area is 93.9 Å². The summed E-state index contributed by atoms with van der Waals surface area (Å²) in [7, 11) is 0. The number of hydrogen-bond acceptors (Lipinski definition) is 3. The van der Waals surface area contributed by atoms with Crippen molar-refractivity contribution in [3.05, 3.63) is 23.5 Å². The number of phenols is 2. The maximum absolute atomic E-state index is 13.6. The van der Waals surface area contributed by atoms with Crippen molar-refractivity contribution in [2.75, 3.05) is 13.1 Å². The average molecular weight is 225 g/mol. The van der Waals surface area contributed by atoms with E-state index < -0.39 is 11.6 Å². The van der Waals surface area contributed by atoms with Gasteiger partial charge in [-0.25, -0.2) is 4.39 Å². The number of phenolic OH excluding ortho intramolecular Hbond substituents is 2. The third-order valence-corrected chi connectivity index (χ3v) is 3.09. The molecule has 0 saturated carbocycles. The van der Waals surface area contributed by atoms with Gasteiger partial charge in [0.15, 0.2) is 11.6 Å². The van der Waals surface area contributed by atoms with Crippen molar-refractivity contribution in [3.63, 3.8) is 0 Å². The van der Waals surface area contributed by atoms with Gasteiger partial charge < -0.3 is 15.5 Å². The summed E-state index contributed by atoms with van der Waals surface area (Å²) < 4.78 is 13.6. The molecular weight excluding hydrogens is 209 g/mol. The van der Waals surface area contributed by atoms with E-state index in [1.165, 1.54) is 12.1 Å². The van der Waals surface area contributed by atoms with Gasteiger partial charge in [0.05, 0.1) is 0 Å². The molecule has 1 aliphatic heterocycles. The van der Waals surface area contributed by atoms with Crippen LogP contribution < -0.4 is 5.32 Å². The lowest BCUT2D eigenvalue weighted by Crippen LogP contribution is -2.31. The van der Waals surface area contributed by atoms with Crippen LogP contribution in [0.15, 0.2) is 12.1 Å². The van der Waals surface area contributed by atoms with Crippen LogP contribution in [0.1, 0.15) is 18.4 Å². The molecule has 3 nitrogen and oxygen atoms in total. The fourth-order valence-corrected chi connectivity index (χ4v) is 2.18. The van der Waals surface area contributed by atoms with E-state index in [1.54, 1.807) is 0 Å². The van der Waals surface area contributed by atoms with Crippen LogP contribution in [0.25, 0.3) is 0 Å². The van der Waals surface area contributed by atoms with Crippen LogP contribution in [0.5, 0.6) is 11.5 Å². The highest BCUT2D eigenvalue weighted by atomic mass is 19.1. The minimum absolute atomic E-state index is 0.0686. The first-order valence-electron chi connectivity index (χ1n) is 5.58. The van der Waals surface area contributed by atoms with Crippen LogP contribution in [-0.2, 0) is 6.42 Å². The van der Waals surface area contributed by atoms with Gasteiger partial charge in [0.2, 0.25) is 0 Å². The van der Waals surface area contributed by atoms with Crippen molar-refractivity contribution in [2.45, 2.75) is 19.3 Å². The Morgan fingerprint density at radius 1 is 1.31 bits per heavy atom. The Morgan fingerprint density at radius 2 is 2.06 bits per heavy atom.